The number of nitrogens with zero attached hydrogens (tertiary/aromatic N) is 1. The van der Waals surface area contributed by atoms with Crippen molar-refractivity contribution in [2.24, 2.45) is 7.05 Å². The van der Waals surface area contributed by atoms with Crippen molar-refractivity contribution in [3.05, 3.63) is 16.6 Å². The summed E-state index contributed by atoms with van der Waals surface area (Å²) in [5, 5.41) is 10.1. The highest BCUT2D eigenvalue weighted by molar-refractivity contribution is 5.95. The van der Waals surface area contributed by atoms with Gasteiger partial charge in [-0.15, -0.1) is 0 Å². The van der Waals surface area contributed by atoms with Crippen molar-refractivity contribution in [2.75, 3.05) is 0 Å². The van der Waals surface area contributed by atoms with Crippen molar-refractivity contribution >= 4 is 17.9 Å². The number of hydrogen-bond donors (Lipinski definition) is 1. The van der Waals surface area contributed by atoms with Gasteiger partial charge in [0.1, 0.15) is 0 Å². The molecule has 0 amide bonds. The lowest BCUT2D eigenvalue weighted by Gasteiger charge is -2.29. The second-order valence-corrected chi connectivity index (χ2v) is 4.79. The number of pyridine rings is 1. The van der Waals surface area contributed by atoms with Gasteiger partial charge in [0.05, 0.1) is 19.0 Å². The average molecular weight is 295 g/mol. The number of hydrogen-bond acceptors (Lipinski definition) is 8. The van der Waals surface area contributed by atoms with Crippen molar-refractivity contribution in [1.82, 2.24) is 4.57 Å². The smallest absolute Gasteiger partial charge is 0.345 e. The van der Waals surface area contributed by atoms with E-state index in [1.807, 2.05) is 0 Å². The molecular formula is C12H9NO8. The molecule has 2 aliphatic rings. The zero-order valence-electron chi connectivity index (χ0n) is 10.7. The van der Waals surface area contributed by atoms with Gasteiger partial charge in [-0.05, 0) is 0 Å². The van der Waals surface area contributed by atoms with Crippen LogP contribution < -0.4 is 19.8 Å². The zero-order chi connectivity index (χ0) is 15.4. The van der Waals surface area contributed by atoms with Crippen LogP contribution in [0.15, 0.2) is 11.0 Å². The standard InChI is InChI=1S/C12H9NO8/c1-13-4-5-8-9(10(13)16)20-7(15)3-12(18,11(17)21-8)2-6(14)19-5/h4,18H,2-3H2,1H3. The molecule has 0 fully saturated rings. The predicted octanol–water partition coefficient (Wildman–Crippen LogP) is -1.36. The highest BCUT2D eigenvalue weighted by Crippen LogP contribution is 2.39. The quantitative estimate of drug-likeness (QED) is 0.582. The minimum absolute atomic E-state index is 0.248. The largest absolute Gasteiger partial charge is 0.421 e. The molecular weight excluding hydrogens is 286 g/mol. The summed E-state index contributed by atoms with van der Waals surface area (Å²) in [6.07, 6.45) is -0.474. The maximum absolute atomic E-state index is 12.0. The summed E-state index contributed by atoms with van der Waals surface area (Å²) in [5.41, 5.74) is -3.14. The first kappa shape index (κ1) is 13.3. The first-order valence-corrected chi connectivity index (χ1v) is 5.90. The van der Waals surface area contributed by atoms with Crippen molar-refractivity contribution in [1.29, 1.82) is 0 Å². The predicted molar refractivity (Wildman–Crippen MR) is 62.8 cm³/mol. The lowest BCUT2D eigenvalue weighted by molar-refractivity contribution is -0.170. The van der Waals surface area contributed by atoms with E-state index in [-0.39, 0.29) is 5.75 Å². The molecule has 9 nitrogen and oxygen atoms in total. The van der Waals surface area contributed by atoms with Gasteiger partial charge in [-0.3, -0.25) is 14.4 Å². The number of fused-ring (bicyclic) bond motifs is 2. The van der Waals surface area contributed by atoms with Gasteiger partial charge in [-0.25, -0.2) is 4.79 Å². The molecule has 0 saturated heterocycles. The molecule has 1 N–H and O–H groups in total. The van der Waals surface area contributed by atoms with Crippen LogP contribution in [-0.4, -0.2) is 33.2 Å². The summed E-state index contributed by atoms with van der Waals surface area (Å²) >= 11 is 0. The van der Waals surface area contributed by atoms with Crippen LogP contribution in [0.4, 0.5) is 0 Å². The second-order valence-electron chi connectivity index (χ2n) is 4.79. The Hall–Kier alpha value is -2.68. The molecule has 0 aromatic carbocycles. The zero-order valence-corrected chi connectivity index (χ0v) is 10.7. The fourth-order valence-corrected chi connectivity index (χ4v) is 2.10. The number of aryl methyl sites for hydroxylation is 1. The van der Waals surface area contributed by atoms with Crippen molar-refractivity contribution in [3.8, 4) is 17.2 Å². The van der Waals surface area contributed by atoms with Gasteiger partial charge < -0.3 is 23.9 Å². The minimum Gasteiger partial charge on any atom is -0.421 e. The van der Waals surface area contributed by atoms with E-state index >= 15 is 0 Å². The van der Waals surface area contributed by atoms with Crippen LogP contribution in [0.3, 0.4) is 0 Å². The first-order valence-electron chi connectivity index (χ1n) is 5.90. The summed E-state index contributed by atoms with van der Waals surface area (Å²) < 4.78 is 15.7. The highest BCUT2D eigenvalue weighted by atomic mass is 16.6. The number of aromatic nitrogens is 1. The van der Waals surface area contributed by atoms with Crippen LogP contribution in [-0.2, 0) is 21.4 Å². The summed E-state index contributed by atoms with van der Waals surface area (Å²) in [7, 11) is 1.34. The third-order valence-electron chi connectivity index (χ3n) is 3.14. The molecule has 21 heavy (non-hydrogen) atoms. The van der Waals surface area contributed by atoms with E-state index < -0.39 is 53.4 Å². The van der Waals surface area contributed by atoms with Crippen LogP contribution in [0, 0.1) is 0 Å². The molecule has 110 valence electrons. The van der Waals surface area contributed by atoms with Gasteiger partial charge in [0.2, 0.25) is 11.5 Å². The van der Waals surface area contributed by atoms with Crippen LogP contribution >= 0.6 is 0 Å². The topological polar surface area (TPSA) is 121 Å². The van der Waals surface area contributed by atoms with E-state index in [1.54, 1.807) is 0 Å². The summed E-state index contributed by atoms with van der Waals surface area (Å²) in [6, 6.07) is 0. The number of carbonyl (C=O) groups excluding carboxylic acids is 3. The van der Waals surface area contributed by atoms with Gasteiger partial charge in [0, 0.05) is 7.05 Å². The Bertz CT molecular complexity index is 748. The second kappa shape index (κ2) is 4.16. The molecule has 0 saturated carbocycles. The summed E-state index contributed by atoms with van der Waals surface area (Å²) in [5.74, 6) is -4.49. The van der Waals surface area contributed by atoms with E-state index in [1.165, 1.54) is 7.05 Å². The minimum atomic E-state index is -2.38. The molecule has 3 rings (SSSR count). The summed E-state index contributed by atoms with van der Waals surface area (Å²) in [6.45, 7) is 0. The van der Waals surface area contributed by atoms with Crippen molar-refractivity contribution in [3.63, 3.8) is 0 Å². The number of rotatable bonds is 0. The Morgan fingerprint density at radius 2 is 1.67 bits per heavy atom. The average Bonchev–Trinajstić information content (AvgIpc) is 2.36. The lowest BCUT2D eigenvalue weighted by Crippen LogP contribution is -2.49. The Labute approximate surface area is 116 Å². The molecule has 2 aliphatic heterocycles. The van der Waals surface area contributed by atoms with Gasteiger partial charge in [-0.2, -0.15) is 0 Å². The molecule has 2 bridgehead atoms. The molecule has 0 radical (unpaired) electrons. The maximum Gasteiger partial charge on any atom is 0.345 e. The van der Waals surface area contributed by atoms with E-state index in [2.05, 4.69) is 0 Å². The van der Waals surface area contributed by atoms with Crippen LogP contribution in [0.1, 0.15) is 12.8 Å². The molecule has 0 aliphatic carbocycles. The SMILES string of the molecule is Cn1cc2c3c(c1=O)OC(=O)CC(O)(CC(=O)O2)C(=O)O3. The number of carbonyl (C=O) groups is 3. The molecule has 1 aromatic heterocycles. The molecule has 9 heteroatoms. The summed E-state index contributed by atoms with van der Waals surface area (Å²) in [4.78, 5) is 47.4. The van der Waals surface area contributed by atoms with E-state index in [9.17, 15) is 24.3 Å². The highest BCUT2D eigenvalue weighted by Gasteiger charge is 2.48. The molecule has 1 aromatic rings. The first-order chi connectivity index (χ1) is 9.80. The Morgan fingerprint density at radius 1 is 1.05 bits per heavy atom. The van der Waals surface area contributed by atoms with Crippen LogP contribution in [0.25, 0.3) is 0 Å². The number of ether oxygens (including phenoxy) is 3. The Morgan fingerprint density at radius 3 is 2.33 bits per heavy atom. The molecule has 1 unspecified atom stereocenters. The van der Waals surface area contributed by atoms with Crippen LogP contribution in [0.2, 0.25) is 0 Å². The van der Waals surface area contributed by atoms with Crippen molar-refractivity contribution in [2.45, 2.75) is 18.4 Å². The molecule has 3 heterocycles. The number of aliphatic hydroxyl groups is 1. The lowest BCUT2D eigenvalue weighted by atomic mass is 9.95. The van der Waals surface area contributed by atoms with E-state index in [4.69, 9.17) is 14.2 Å². The third kappa shape index (κ3) is 1.98. The Kier molecular flexibility index (Phi) is 2.63. The fraction of sp³-hybridized carbons (Fsp3) is 0.333. The number of esters is 3. The van der Waals surface area contributed by atoms with Gasteiger partial charge >= 0.3 is 17.9 Å². The van der Waals surface area contributed by atoms with Crippen molar-refractivity contribution < 1.29 is 33.7 Å². The normalized spacial score (nSPS) is 24.2. The van der Waals surface area contributed by atoms with Gasteiger partial charge in [-0.1, -0.05) is 0 Å². The van der Waals surface area contributed by atoms with Crippen LogP contribution in [0.5, 0.6) is 17.2 Å². The van der Waals surface area contributed by atoms with Gasteiger partial charge in [0.25, 0.3) is 5.56 Å². The maximum atomic E-state index is 12.0. The monoisotopic (exact) mass is 295 g/mol. The third-order valence-corrected chi connectivity index (χ3v) is 3.14. The van der Waals surface area contributed by atoms with E-state index in [0.717, 1.165) is 10.8 Å². The fourth-order valence-electron chi connectivity index (χ4n) is 2.10. The van der Waals surface area contributed by atoms with E-state index in [0.29, 0.717) is 0 Å². The van der Waals surface area contributed by atoms with Gasteiger partial charge in [0.15, 0.2) is 11.4 Å². The Balaban J connectivity index is 2.34. The molecule has 1 atom stereocenters. The molecule has 0 spiro atoms.